The van der Waals surface area contributed by atoms with Crippen LogP contribution in [-0.2, 0) is 0 Å². The second-order valence-corrected chi connectivity index (χ2v) is 6.11. The molecule has 1 aromatic heterocycles. The fourth-order valence-corrected chi connectivity index (χ4v) is 3.40. The molecule has 22 heavy (non-hydrogen) atoms. The summed E-state index contributed by atoms with van der Waals surface area (Å²) in [5.41, 5.74) is 0.674. The number of carbonyl (C=O) groups is 1. The number of non-ortho nitro benzene ring substituents is 1. The monoisotopic (exact) mass is 321 g/mol. The van der Waals surface area contributed by atoms with Crippen LogP contribution in [0.25, 0.3) is 10.2 Å². The van der Waals surface area contributed by atoms with Gasteiger partial charge in [-0.25, -0.2) is 9.78 Å². The summed E-state index contributed by atoms with van der Waals surface area (Å²) in [4.78, 5) is 30.6. The number of urea groups is 1. The molecule has 2 heterocycles. The smallest absolute Gasteiger partial charge is 0.322 e. The van der Waals surface area contributed by atoms with Crippen molar-refractivity contribution in [2.45, 2.75) is 19.5 Å². The van der Waals surface area contributed by atoms with Crippen LogP contribution in [0.15, 0.2) is 18.2 Å². The minimum absolute atomic E-state index is 0.0132. The predicted octanol–water partition coefficient (Wildman–Crippen LogP) is 2.36. The molecule has 116 valence electrons. The van der Waals surface area contributed by atoms with Gasteiger partial charge >= 0.3 is 6.03 Å². The number of nitro groups is 1. The van der Waals surface area contributed by atoms with Gasteiger partial charge in [0.25, 0.3) is 5.69 Å². The molecule has 1 aliphatic rings. The minimum Gasteiger partial charge on any atom is -0.322 e. The zero-order valence-electron chi connectivity index (χ0n) is 12.1. The third kappa shape index (κ3) is 2.48. The molecule has 1 atom stereocenters. The molecule has 1 N–H and O–H groups in total. The van der Waals surface area contributed by atoms with Crippen LogP contribution < -0.4 is 10.2 Å². The van der Waals surface area contributed by atoms with E-state index in [9.17, 15) is 14.9 Å². The fourth-order valence-electron chi connectivity index (χ4n) is 2.41. The van der Waals surface area contributed by atoms with Crippen LogP contribution in [-0.4, -0.2) is 40.7 Å². The van der Waals surface area contributed by atoms with Gasteiger partial charge in [0, 0.05) is 12.1 Å². The largest absolute Gasteiger partial charge is 0.326 e. The molecule has 0 spiro atoms. The number of nitrogens with one attached hydrogen (secondary N) is 1. The molecule has 2 aromatic rings. The Bertz CT molecular complexity index is 746. The number of thiazole rings is 1. The Balaban J connectivity index is 1.93. The SMILES string of the molecule is CCC1NC(=O)N(c2nc3ccc([N+](=O)[O-])cc3s2)CN1C. The van der Waals surface area contributed by atoms with Crippen LogP contribution in [0, 0.1) is 10.1 Å². The van der Waals surface area contributed by atoms with E-state index < -0.39 is 4.92 Å². The van der Waals surface area contributed by atoms with Gasteiger partial charge in [-0.15, -0.1) is 0 Å². The Labute approximate surface area is 130 Å². The van der Waals surface area contributed by atoms with Gasteiger partial charge in [0.2, 0.25) is 0 Å². The molecule has 1 aromatic carbocycles. The summed E-state index contributed by atoms with van der Waals surface area (Å²) >= 11 is 1.27. The third-order valence-corrected chi connectivity index (χ3v) is 4.66. The van der Waals surface area contributed by atoms with E-state index in [2.05, 4.69) is 10.3 Å². The van der Waals surface area contributed by atoms with E-state index in [4.69, 9.17) is 0 Å². The average Bonchev–Trinajstić information content (AvgIpc) is 2.91. The lowest BCUT2D eigenvalue weighted by Crippen LogP contribution is -2.60. The quantitative estimate of drug-likeness (QED) is 0.692. The first-order valence-corrected chi connectivity index (χ1v) is 7.64. The van der Waals surface area contributed by atoms with Crippen LogP contribution in [0.2, 0.25) is 0 Å². The second kappa shape index (κ2) is 5.50. The Kier molecular flexibility index (Phi) is 3.67. The number of nitrogens with zero attached hydrogens (tertiary/aromatic N) is 4. The molecular weight excluding hydrogens is 306 g/mol. The Hall–Kier alpha value is -2.26. The highest BCUT2D eigenvalue weighted by molar-refractivity contribution is 7.22. The Morgan fingerprint density at radius 1 is 1.55 bits per heavy atom. The van der Waals surface area contributed by atoms with Crippen LogP contribution in [0.4, 0.5) is 15.6 Å². The molecule has 0 aliphatic carbocycles. The molecule has 2 amide bonds. The van der Waals surface area contributed by atoms with Crippen molar-refractivity contribution in [3.8, 4) is 0 Å². The highest BCUT2D eigenvalue weighted by Gasteiger charge is 2.30. The van der Waals surface area contributed by atoms with Crippen molar-refractivity contribution in [2.24, 2.45) is 0 Å². The minimum atomic E-state index is -0.438. The normalized spacial score (nSPS) is 19.5. The summed E-state index contributed by atoms with van der Waals surface area (Å²) in [6, 6.07) is 4.31. The topological polar surface area (TPSA) is 91.6 Å². The highest BCUT2D eigenvalue weighted by atomic mass is 32.1. The van der Waals surface area contributed by atoms with E-state index in [1.807, 2.05) is 18.9 Å². The number of carbonyl (C=O) groups excluding carboxylic acids is 1. The number of aromatic nitrogens is 1. The van der Waals surface area contributed by atoms with Gasteiger partial charge in [-0.3, -0.25) is 19.9 Å². The maximum absolute atomic E-state index is 12.2. The van der Waals surface area contributed by atoms with Gasteiger partial charge in [-0.05, 0) is 19.5 Å². The first-order valence-electron chi connectivity index (χ1n) is 6.83. The molecule has 1 unspecified atom stereocenters. The van der Waals surface area contributed by atoms with Crippen LogP contribution >= 0.6 is 11.3 Å². The van der Waals surface area contributed by atoms with Crippen molar-refractivity contribution in [1.82, 2.24) is 15.2 Å². The van der Waals surface area contributed by atoms with Crippen molar-refractivity contribution < 1.29 is 9.72 Å². The zero-order valence-corrected chi connectivity index (χ0v) is 13.0. The molecular formula is C13H15N5O3S. The number of hydrogen-bond donors (Lipinski definition) is 1. The van der Waals surface area contributed by atoms with Crippen molar-refractivity contribution >= 4 is 38.4 Å². The van der Waals surface area contributed by atoms with Crippen molar-refractivity contribution in [3.63, 3.8) is 0 Å². The van der Waals surface area contributed by atoms with Crippen LogP contribution in [0.1, 0.15) is 13.3 Å². The van der Waals surface area contributed by atoms with E-state index in [0.717, 1.165) is 6.42 Å². The Morgan fingerprint density at radius 2 is 2.32 bits per heavy atom. The van der Waals surface area contributed by atoms with Gasteiger partial charge in [0.05, 0.1) is 28.0 Å². The molecule has 0 saturated carbocycles. The molecule has 0 bridgehead atoms. The average molecular weight is 321 g/mol. The van der Waals surface area contributed by atoms with Gasteiger partial charge in [0.15, 0.2) is 5.13 Å². The molecule has 1 aliphatic heterocycles. The number of fused-ring (bicyclic) bond motifs is 1. The van der Waals surface area contributed by atoms with Gasteiger partial charge in [-0.1, -0.05) is 18.3 Å². The van der Waals surface area contributed by atoms with E-state index in [1.165, 1.54) is 23.5 Å². The summed E-state index contributed by atoms with van der Waals surface area (Å²) in [5.74, 6) is 0. The standard InChI is InChI=1S/C13H15N5O3S/c1-3-11-15-12(19)17(7-16(11)2)13-14-9-5-4-8(18(20)21)6-10(9)22-13/h4-6,11H,3,7H2,1-2H3,(H,15,19). The van der Waals surface area contributed by atoms with Gasteiger partial charge in [-0.2, -0.15) is 0 Å². The Morgan fingerprint density at radius 3 is 3.00 bits per heavy atom. The lowest BCUT2D eigenvalue weighted by atomic mass is 10.3. The molecule has 8 nitrogen and oxygen atoms in total. The van der Waals surface area contributed by atoms with Gasteiger partial charge in [0.1, 0.15) is 0 Å². The van der Waals surface area contributed by atoms with Crippen LogP contribution in [0.5, 0.6) is 0 Å². The molecule has 3 rings (SSSR count). The number of benzene rings is 1. The number of nitro benzene ring substituents is 1. The zero-order chi connectivity index (χ0) is 15.9. The predicted molar refractivity (Wildman–Crippen MR) is 84.0 cm³/mol. The van der Waals surface area contributed by atoms with E-state index >= 15 is 0 Å². The summed E-state index contributed by atoms with van der Waals surface area (Å²) < 4.78 is 0.692. The highest BCUT2D eigenvalue weighted by Crippen LogP contribution is 2.32. The number of hydrogen-bond acceptors (Lipinski definition) is 6. The lowest BCUT2D eigenvalue weighted by Gasteiger charge is -2.38. The third-order valence-electron chi connectivity index (χ3n) is 3.62. The number of anilines is 1. The van der Waals surface area contributed by atoms with Crippen molar-refractivity contribution in [2.75, 3.05) is 18.6 Å². The molecule has 1 fully saturated rings. The number of amides is 2. The van der Waals surface area contributed by atoms with E-state index in [-0.39, 0.29) is 17.9 Å². The second-order valence-electron chi connectivity index (χ2n) is 5.11. The fraction of sp³-hybridized carbons (Fsp3) is 0.385. The maximum Gasteiger partial charge on any atom is 0.326 e. The molecule has 0 radical (unpaired) electrons. The number of rotatable bonds is 3. The van der Waals surface area contributed by atoms with Crippen molar-refractivity contribution in [3.05, 3.63) is 28.3 Å². The summed E-state index contributed by atoms with van der Waals surface area (Å²) in [7, 11) is 1.93. The van der Waals surface area contributed by atoms with Gasteiger partial charge < -0.3 is 5.32 Å². The lowest BCUT2D eigenvalue weighted by molar-refractivity contribution is -0.384. The van der Waals surface area contributed by atoms with E-state index in [0.29, 0.717) is 22.0 Å². The summed E-state index contributed by atoms with van der Waals surface area (Å²) in [6.07, 6.45) is 0.835. The van der Waals surface area contributed by atoms with E-state index in [1.54, 1.807) is 11.0 Å². The first-order chi connectivity index (χ1) is 10.5. The summed E-state index contributed by atoms with van der Waals surface area (Å²) in [5, 5.41) is 14.3. The molecule has 9 heteroatoms. The maximum atomic E-state index is 12.2. The van der Waals surface area contributed by atoms with Crippen molar-refractivity contribution in [1.29, 1.82) is 0 Å². The van der Waals surface area contributed by atoms with Crippen LogP contribution in [0.3, 0.4) is 0 Å². The first kappa shape index (κ1) is 14.7. The summed E-state index contributed by atoms with van der Waals surface area (Å²) in [6.45, 7) is 2.44. The molecule has 1 saturated heterocycles.